The molecule has 508 valence electrons. The Morgan fingerprint density at radius 1 is 0.382 bits per heavy atom. The number of aromatic nitrogens is 13. The lowest BCUT2D eigenvalue weighted by Crippen LogP contribution is -2.01. The first-order chi connectivity index (χ1) is 49.1. The Balaban J connectivity index is 0.000000116. The van der Waals surface area contributed by atoms with E-state index in [0.29, 0.717) is 80.5 Å². The third-order valence-electron chi connectivity index (χ3n) is 17.8. The molecule has 0 unspecified atom stereocenters. The normalized spacial score (nSPS) is 11.4. The molecule has 0 aliphatic heterocycles. The van der Waals surface area contributed by atoms with Crippen molar-refractivity contribution in [2.24, 2.45) is 0 Å². The number of aryl methyl sites for hydroxylation is 5. The number of para-hydroxylation sites is 4. The molecule has 0 atom stereocenters. The standard InChI is InChI=1S/C24H20FN5.C18H14Cl2N4.C18H14F2N4.C18H15FN4O/c1-14-5-3-7-19-22(14)29-24(26)30-13-17(28-23(19)30)11-20-18(6-4-8-21(20)25)16-10-9-15(2)27-12-16;1-10-4-2-5-12-16(10)23-18(21)24-9-11(22-17(12)24)8-13-14(19)6-3-7-15(13)20;1-10-3-2-4-14-16(10)23-18(21)24-9-13(22-17(14)24)7-11-5-6-12(19)8-15(11)20;1-10-4-2-5-12-16(10)22-18(20)23-9-11(21-17(12)23)8-13-14(19)6-3-7-15(13)24/h3-10,12-13H,11H2,1-2H3,(H2,26,29);2-7,9H,8H2,1H3,(H2,21,23);2-6,8-9H,7H2,1H3,(H2,21,23);2-7,9,24H,8H2,1H3,(H2,20,22). The van der Waals surface area contributed by atoms with Crippen LogP contribution in [0.25, 0.3) is 77.3 Å². The maximum atomic E-state index is 14.8. The molecular weight excluding hydrogens is 1340 g/mol. The smallest absolute Gasteiger partial charge is 0.206 e. The molecule has 102 heavy (non-hydrogen) atoms. The first kappa shape index (κ1) is 66.9. The fourth-order valence-corrected chi connectivity index (χ4v) is 13.1. The fourth-order valence-electron chi connectivity index (χ4n) is 12.6. The van der Waals surface area contributed by atoms with Gasteiger partial charge in [-0.2, -0.15) is 0 Å². The van der Waals surface area contributed by atoms with E-state index in [1.54, 1.807) is 37.9 Å². The van der Waals surface area contributed by atoms with Crippen LogP contribution in [0, 0.1) is 57.9 Å². The zero-order chi connectivity index (χ0) is 71.4. The minimum Gasteiger partial charge on any atom is -0.508 e. The van der Waals surface area contributed by atoms with Crippen LogP contribution in [0.15, 0.2) is 189 Å². The molecule has 17 aromatic rings. The minimum absolute atomic E-state index is 0.0844. The van der Waals surface area contributed by atoms with E-state index in [9.17, 15) is 22.7 Å². The molecule has 9 aromatic heterocycles. The number of anilines is 4. The number of phenols is 1. The molecule has 24 heteroatoms. The Morgan fingerprint density at radius 3 is 1.16 bits per heavy atom. The first-order valence-corrected chi connectivity index (χ1v) is 33.0. The molecule has 0 fully saturated rings. The Labute approximate surface area is 590 Å². The highest BCUT2D eigenvalue weighted by Gasteiger charge is 2.21. The Bertz CT molecular complexity index is 5940. The highest BCUT2D eigenvalue weighted by Crippen LogP contribution is 2.34. The lowest BCUT2D eigenvalue weighted by atomic mass is 9.97. The highest BCUT2D eigenvalue weighted by atomic mass is 35.5. The van der Waals surface area contributed by atoms with E-state index in [-0.39, 0.29) is 30.0 Å². The molecule has 0 bridgehead atoms. The fraction of sp³-hybridized carbons (Fsp3) is 0.115. The number of pyridine rings is 1. The number of nitrogens with two attached hydrogens (primary N) is 4. The van der Waals surface area contributed by atoms with Crippen molar-refractivity contribution in [2.75, 3.05) is 22.9 Å². The van der Waals surface area contributed by atoms with Gasteiger partial charge in [-0.15, -0.1) is 0 Å². The summed E-state index contributed by atoms with van der Waals surface area (Å²) in [5.41, 5.74) is 42.2. The van der Waals surface area contributed by atoms with Crippen LogP contribution in [0.1, 0.15) is 73.0 Å². The number of aromatic hydroxyl groups is 1. The van der Waals surface area contributed by atoms with Gasteiger partial charge < -0.3 is 28.0 Å². The van der Waals surface area contributed by atoms with Gasteiger partial charge in [0.1, 0.15) is 51.6 Å². The Morgan fingerprint density at radius 2 is 0.755 bits per heavy atom. The Hall–Kier alpha value is -12.3. The van der Waals surface area contributed by atoms with Gasteiger partial charge in [-0.25, -0.2) is 57.4 Å². The van der Waals surface area contributed by atoms with Gasteiger partial charge in [0.15, 0.2) is 0 Å². The summed E-state index contributed by atoms with van der Waals surface area (Å²) >= 11 is 12.5. The number of imidazole rings is 4. The van der Waals surface area contributed by atoms with Gasteiger partial charge in [0.2, 0.25) is 23.8 Å². The molecule has 8 aromatic carbocycles. The summed E-state index contributed by atoms with van der Waals surface area (Å²) < 4.78 is 62.7. The number of hydrogen-bond donors (Lipinski definition) is 5. The molecule has 0 saturated heterocycles. The predicted octanol–water partition coefficient (Wildman–Crippen LogP) is 16.4. The molecular formula is C78H63Cl2F4N17O. The van der Waals surface area contributed by atoms with Gasteiger partial charge >= 0.3 is 0 Å². The van der Waals surface area contributed by atoms with Crippen LogP contribution in [0.4, 0.5) is 41.4 Å². The summed E-state index contributed by atoms with van der Waals surface area (Å²) in [7, 11) is 0. The molecule has 0 aliphatic rings. The zero-order valence-electron chi connectivity index (χ0n) is 55.6. The molecule has 0 spiro atoms. The summed E-state index contributed by atoms with van der Waals surface area (Å²) in [6, 6.07) is 45.9. The maximum Gasteiger partial charge on any atom is 0.206 e. The monoisotopic (exact) mass is 1400 g/mol. The zero-order valence-corrected chi connectivity index (χ0v) is 57.1. The SMILES string of the molecule is Cc1ccc(-c2cccc(F)c2Cc2cn3c(N)nc4c(C)cccc4c3n2)cn1.Cc1cccc2c1nc(N)n1cc(Cc3c(Cl)cccc3Cl)nc21.Cc1cccc2c1nc(N)n1cc(Cc3c(O)cccc3F)nc21.Cc1cccc2c1nc(N)n1cc(Cc3ccc(F)cc3F)nc21. The van der Waals surface area contributed by atoms with Gasteiger partial charge in [0, 0.05) is 117 Å². The van der Waals surface area contributed by atoms with E-state index in [1.165, 1.54) is 36.4 Å². The Kier molecular flexibility index (Phi) is 18.0. The average molecular weight is 1400 g/mol. The third kappa shape index (κ3) is 13.1. The van der Waals surface area contributed by atoms with Crippen molar-refractivity contribution in [3.8, 4) is 16.9 Å². The lowest BCUT2D eigenvalue weighted by Gasteiger charge is -2.10. The van der Waals surface area contributed by atoms with Crippen LogP contribution in [-0.4, -0.2) is 67.6 Å². The van der Waals surface area contributed by atoms with Crippen molar-refractivity contribution in [3.05, 3.63) is 295 Å². The summed E-state index contributed by atoms with van der Waals surface area (Å²) in [6.45, 7) is 9.86. The average Bonchev–Trinajstić information content (AvgIpc) is 1.59. The molecule has 17 rings (SSSR count). The van der Waals surface area contributed by atoms with Crippen molar-refractivity contribution >= 4 is 113 Å². The molecule has 18 nitrogen and oxygen atoms in total. The van der Waals surface area contributed by atoms with Gasteiger partial charge in [-0.1, -0.05) is 108 Å². The van der Waals surface area contributed by atoms with Crippen LogP contribution in [-0.2, 0) is 25.7 Å². The molecule has 0 aliphatic carbocycles. The van der Waals surface area contributed by atoms with E-state index in [1.807, 2.05) is 161 Å². The highest BCUT2D eigenvalue weighted by molar-refractivity contribution is 6.36. The van der Waals surface area contributed by atoms with Crippen molar-refractivity contribution in [2.45, 2.75) is 60.3 Å². The number of hydrogen-bond acceptors (Lipinski definition) is 14. The summed E-state index contributed by atoms with van der Waals surface area (Å²) in [5, 5.41) is 14.8. The van der Waals surface area contributed by atoms with Gasteiger partial charge in [0.25, 0.3) is 0 Å². The van der Waals surface area contributed by atoms with Crippen molar-refractivity contribution in [3.63, 3.8) is 0 Å². The number of nitrogen functional groups attached to an aromatic ring is 4. The number of rotatable bonds is 9. The number of halogens is 6. The number of nitrogens with zero attached hydrogens (tertiary/aromatic N) is 13. The van der Waals surface area contributed by atoms with Crippen molar-refractivity contribution in [1.29, 1.82) is 0 Å². The van der Waals surface area contributed by atoms with Gasteiger partial charge in [0.05, 0.1) is 44.8 Å². The van der Waals surface area contributed by atoms with Crippen LogP contribution >= 0.6 is 23.2 Å². The first-order valence-electron chi connectivity index (χ1n) is 32.3. The van der Waals surface area contributed by atoms with Crippen LogP contribution < -0.4 is 22.9 Å². The number of fused-ring (bicyclic) bond motifs is 12. The van der Waals surface area contributed by atoms with E-state index >= 15 is 0 Å². The van der Waals surface area contributed by atoms with Crippen LogP contribution in [0.5, 0.6) is 5.75 Å². The number of benzene rings is 8. The van der Waals surface area contributed by atoms with E-state index < -0.39 is 17.5 Å². The van der Waals surface area contributed by atoms with Crippen molar-refractivity contribution in [1.82, 2.24) is 62.5 Å². The van der Waals surface area contributed by atoms with Gasteiger partial charge in [-0.05, 0) is 140 Å². The molecule has 9 heterocycles. The molecule has 9 N–H and O–H groups in total. The van der Waals surface area contributed by atoms with Crippen molar-refractivity contribution < 1.29 is 22.7 Å². The summed E-state index contributed by atoms with van der Waals surface area (Å²) in [4.78, 5) is 41.0. The topological polar surface area (TPSA) is 258 Å². The second kappa shape index (κ2) is 27.4. The van der Waals surface area contributed by atoms with E-state index in [4.69, 9.17) is 56.1 Å². The lowest BCUT2D eigenvalue weighted by molar-refractivity contribution is 0.460. The van der Waals surface area contributed by atoms with Crippen LogP contribution in [0.2, 0.25) is 10.0 Å². The second-order valence-electron chi connectivity index (χ2n) is 24.8. The van der Waals surface area contributed by atoms with Crippen LogP contribution in [0.3, 0.4) is 0 Å². The summed E-state index contributed by atoms with van der Waals surface area (Å²) in [6.07, 6.45) is 10.3. The summed E-state index contributed by atoms with van der Waals surface area (Å²) in [5.74, 6) is -0.569. The van der Waals surface area contributed by atoms with E-state index in [0.717, 1.165) is 117 Å². The third-order valence-corrected chi connectivity index (χ3v) is 18.5. The predicted molar refractivity (Wildman–Crippen MR) is 395 cm³/mol. The van der Waals surface area contributed by atoms with E-state index in [2.05, 4.69) is 34.9 Å². The molecule has 0 radical (unpaired) electrons. The molecule has 0 amide bonds. The number of phenolic OH excluding ortho intramolecular Hbond substituents is 1. The quantitative estimate of drug-likeness (QED) is 0.0843. The minimum atomic E-state index is -0.596. The van der Waals surface area contributed by atoms with Gasteiger partial charge in [-0.3, -0.25) is 22.6 Å². The largest absolute Gasteiger partial charge is 0.508 e. The maximum absolute atomic E-state index is 14.8. The second-order valence-corrected chi connectivity index (χ2v) is 25.6. The molecule has 0 saturated carbocycles.